The van der Waals surface area contributed by atoms with Gasteiger partial charge >= 0.3 is 0 Å². The summed E-state index contributed by atoms with van der Waals surface area (Å²) in [6.45, 7) is 0. The summed E-state index contributed by atoms with van der Waals surface area (Å²) in [4.78, 5) is 21.4. The van der Waals surface area contributed by atoms with E-state index in [-0.39, 0.29) is 5.56 Å². The molecular formula is C15H9N3O. The molecule has 0 bridgehead atoms. The van der Waals surface area contributed by atoms with Gasteiger partial charge in [0.2, 0.25) is 0 Å². The Balaban J connectivity index is 2.31. The van der Waals surface area contributed by atoms with Gasteiger partial charge in [0.25, 0.3) is 5.56 Å². The van der Waals surface area contributed by atoms with E-state index in [0.29, 0.717) is 16.7 Å². The second kappa shape index (κ2) is 3.62. The van der Waals surface area contributed by atoms with E-state index in [9.17, 15) is 4.79 Å². The summed E-state index contributed by atoms with van der Waals surface area (Å²) < 4.78 is 1.55. The minimum Gasteiger partial charge on any atom is -0.268 e. The number of nitrogens with zero attached hydrogens (tertiary/aromatic N) is 3. The molecule has 0 N–H and O–H groups in total. The van der Waals surface area contributed by atoms with Crippen molar-refractivity contribution < 1.29 is 0 Å². The molecule has 1 aliphatic heterocycles. The SMILES string of the molecule is O=c1c2c3cccccc-3nc2nc2ccccn12. The first-order valence-corrected chi connectivity index (χ1v) is 6.00. The monoisotopic (exact) mass is 247 g/mol. The Hall–Kier alpha value is -2.75. The minimum atomic E-state index is -0.0747. The average Bonchev–Trinajstić information content (AvgIpc) is 2.62. The number of hydrogen-bond donors (Lipinski definition) is 0. The van der Waals surface area contributed by atoms with E-state index >= 15 is 0 Å². The van der Waals surface area contributed by atoms with E-state index in [0.717, 1.165) is 11.3 Å². The number of rotatable bonds is 0. The second-order valence-corrected chi connectivity index (χ2v) is 4.37. The van der Waals surface area contributed by atoms with Crippen LogP contribution in [0.4, 0.5) is 0 Å². The van der Waals surface area contributed by atoms with Crippen molar-refractivity contribution in [3.05, 3.63) is 65.1 Å². The molecule has 19 heavy (non-hydrogen) atoms. The lowest BCUT2D eigenvalue weighted by molar-refractivity contribution is 1.08. The molecule has 2 aliphatic rings. The summed E-state index contributed by atoms with van der Waals surface area (Å²) in [5.41, 5.74) is 2.69. The van der Waals surface area contributed by atoms with Crippen molar-refractivity contribution >= 4 is 16.7 Å². The highest BCUT2D eigenvalue weighted by Gasteiger charge is 2.16. The van der Waals surface area contributed by atoms with Crippen molar-refractivity contribution in [1.82, 2.24) is 14.4 Å². The van der Waals surface area contributed by atoms with Crippen LogP contribution in [0.5, 0.6) is 0 Å². The van der Waals surface area contributed by atoms with Gasteiger partial charge in [-0.25, -0.2) is 9.97 Å². The molecule has 1 aliphatic carbocycles. The highest BCUT2D eigenvalue weighted by molar-refractivity contribution is 5.95. The molecule has 4 nitrogen and oxygen atoms in total. The van der Waals surface area contributed by atoms with Crippen molar-refractivity contribution in [2.24, 2.45) is 0 Å². The van der Waals surface area contributed by atoms with Gasteiger partial charge in [-0.3, -0.25) is 9.20 Å². The molecule has 0 saturated heterocycles. The van der Waals surface area contributed by atoms with Crippen molar-refractivity contribution in [3.8, 4) is 11.3 Å². The van der Waals surface area contributed by atoms with Crippen molar-refractivity contribution in [1.29, 1.82) is 0 Å². The first-order chi connectivity index (χ1) is 9.34. The van der Waals surface area contributed by atoms with Gasteiger partial charge in [0.05, 0.1) is 11.1 Å². The molecule has 0 fully saturated rings. The lowest BCUT2D eigenvalue weighted by Crippen LogP contribution is -2.14. The third-order valence-corrected chi connectivity index (χ3v) is 3.23. The molecule has 4 heteroatoms. The second-order valence-electron chi connectivity index (χ2n) is 4.37. The summed E-state index contributed by atoms with van der Waals surface area (Å²) in [7, 11) is 0. The van der Waals surface area contributed by atoms with Gasteiger partial charge in [-0.1, -0.05) is 30.3 Å². The lowest BCUT2D eigenvalue weighted by atomic mass is 10.2. The Labute approximate surface area is 108 Å². The zero-order valence-corrected chi connectivity index (χ0v) is 9.95. The maximum Gasteiger partial charge on any atom is 0.268 e. The Bertz CT molecular complexity index is 943. The molecule has 0 amide bonds. The molecule has 0 atom stereocenters. The van der Waals surface area contributed by atoms with Gasteiger partial charge in [0.1, 0.15) is 5.65 Å². The van der Waals surface area contributed by atoms with Crippen LogP contribution in [0, 0.1) is 0 Å². The minimum absolute atomic E-state index is 0.0747. The van der Waals surface area contributed by atoms with Crippen LogP contribution in [0.3, 0.4) is 0 Å². The fourth-order valence-corrected chi connectivity index (χ4v) is 2.35. The molecule has 0 spiro atoms. The van der Waals surface area contributed by atoms with E-state index in [1.165, 1.54) is 0 Å². The number of hydrogen-bond acceptors (Lipinski definition) is 3. The quantitative estimate of drug-likeness (QED) is 0.479. The van der Waals surface area contributed by atoms with Gasteiger partial charge in [-0.15, -0.1) is 0 Å². The van der Waals surface area contributed by atoms with Gasteiger partial charge in [0.15, 0.2) is 5.65 Å². The lowest BCUT2D eigenvalue weighted by Gasteiger charge is -1.98. The Morgan fingerprint density at radius 1 is 0.895 bits per heavy atom. The van der Waals surface area contributed by atoms with E-state index in [4.69, 9.17) is 0 Å². The first kappa shape index (κ1) is 10.2. The van der Waals surface area contributed by atoms with Crippen LogP contribution in [-0.2, 0) is 0 Å². The summed E-state index contributed by atoms with van der Waals surface area (Å²) in [6, 6.07) is 15.0. The first-order valence-electron chi connectivity index (χ1n) is 6.00. The predicted octanol–water partition coefficient (Wildman–Crippen LogP) is 2.35. The topological polar surface area (TPSA) is 47.3 Å². The average molecular weight is 247 g/mol. The van der Waals surface area contributed by atoms with Crippen LogP contribution in [0.2, 0.25) is 0 Å². The smallest absolute Gasteiger partial charge is 0.268 e. The van der Waals surface area contributed by atoms with Crippen LogP contribution in [0.25, 0.3) is 27.9 Å². The van der Waals surface area contributed by atoms with E-state index in [1.54, 1.807) is 16.7 Å². The molecule has 2 aromatic heterocycles. The molecule has 4 rings (SSSR count). The fraction of sp³-hybridized carbons (Fsp3) is 0. The zero-order valence-electron chi connectivity index (χ0n) is 9.95. The molecule has 0 unspecified atom stereocenters. The van der Waals surface area contributed by atoms with Crippen LogP contribution in [0.15, 0.2) is 59.5 Å². The predicted molar refractivity (Wildman–Crippen MR) is 73.4 cm³/mol. The summed E-state index contributed by atoms with van der Waals surface area (Å²) in [6.07, 6.45) is 1.73. The summed E-state index contributed by atoms with van der Waals surface area (Å²) in [5.74, 6) is 0. The molecule has 0 saturated carbocycles. The van der Waals surface area contributed by atoms with Gasteiger partial charge in [0, 0.05) is 11.8 Å². The largest absolute Gasteiger partial charge is 0.268 e. The summed E-state index contributed by atoms with van der Waals surface area (Å²) >= 11 is 0. The Kier molecular flexibility index (Phi) is 1.94. The van der Waals surface area contributed by atoms with Crippen LogP contribution in [0.1, 0.15) is 0 Å². The number of fused-ring (bicyclic) bond motifs is 4. The standard InChI is InChI=1S/C15H9N3O/c19-15-13-10-6-2-1-3-7-11(10)16-14(13)17-12-8-4-5-9-18(12)15/h1-9H. The number of pyridine rings is 1. The van der Waals surface area contributed by atoms with E-state index in [2.05, 4.69) is 9.97 Å². The van der Waals surface area contributed by atoms with E-state index < -0.39 is 0 Å². The van der Waals surface area contributed by atoms with Gasteiger partial charge < -0.3 is 0 Å². The zero-order chi connectivity index (χ0) is 12.8. The third kappa shape index (κ3) is 1.37. The van der Waals surface area contributed by atoms with Gasteiger partial charge in [-0.05, 0) is 18.2 Å². The van der Waals surface area contributed by atoms with Gasteiger partial charge in [-0.2, -0.15) is 0 Å². The van der Waals surface area contributed by atoms with Crippen molar-refractivity contribution in [2.75, 3.05) is 0 Å². The van der Waals surface area contributed by atoms with E-state index in [1.807, 2.05) is 42.5 Å². The highest BCUT2D eigenvalue weighted by Crippen LogP contribution is 2.26. The normalized spacial score (nSPS) is 11.4. The van der Waals surface area contributed by atoms with Crippen molar-refractivity contribution in [3.63, 3.8) is 0 Å². The maximum atomic E-state index is 12.5. The van der Waals surface area contributed by atoms with Crippen LogP contribution >= 0.6 is 0 Å². The Morgan fingerprint density at radius 2 is 1.74 bits per heavy atom. The molecule has 0 radical (unpaired) electrons. The maximum absolute atomic E-state index is 12.5. The molecule has 3 heterocycles. The molecule has 2 aromatic rings. The van der Waals surface area contributed by atoms with Crippen molar-refractivity contribution in [2.45, 2.75) is 0 Å². The fourth-order valence-electron chi connectivity index (χ4n) is 2.35. The molecule has 90 valence electrons. The number of aromatic nitrogens is 3. The third-order valence-electron chi connectivity index (χ3n) is 3.23. The van der Waals surface area contributed by atoms with Crippen LogP contribution in [-0.4, -0.2) is 14.4 Å². The Morgan fingerprint density at radius 3 is 2.68 bits per heavy atom. The molecular weight excluding hydrogens is 238 g/mol. The highest BCUT2D eigenvalue weighted by atomic mass is 16.1. The summed E-state index contributed by atoms with van der Waals surface area (Å²) in [5, 5.41) is 0.579. The van der Waals surface area contributed by atoms with Crippen LogP contribution < -0.4 is 5.56 Å². The molecule has 0 aromatic carbocycles.